The maximum absolute atomic E-state index is 11.4. The smallest absolute Gasteiger partial charge is 0.331 e. The number of allylic oxidation sites excluding steroid dienone is 2. The van der Waals surface area contributed by atoms with E-state index in [9.17, 15) is 25.2 Å². The molecule has 0 aromatic heterocycles. The highest BCUT2D eigenvalue weighted by Crippen LogP contribution is 2.46. The molecule has 5 heteroatoms. The van der Waals surface area contributed by atoms with Crippen molar-refractivity contribution in [3.05, 3.63) is 47.1 Å². The molecule has 3 atom stereocenters. The highest BCUT2D eigenvalue weighted by molar-refractivity contribution is 5.87. The lowest BCUT2D eigenvalue weighted by Gasteiger charge is -2.31. The van der Waals surface area contributed by atoms with E-state index in [1.54, 1.807) is 25.1 Å². The maximum Gasteiger partial charge on any atom is 0.331 e. The third-order valence-corrected chi connectivity index (χ3v) is 5.06. The lowest BCUT2D eigenvalue weighted by molar-refractivity contribution is -0.133. The molecule has 0 spiro atoms. The molecule has 1 aliphatic rings. The van der Waals surface area contributed by atoms with Gasteiger partial charge in [-0.1, -0.05) is 18.2 Å². The quantitative estimate of drug-likeness (QED) is 0.553. The van der Waals surface area contributed by atoms with Crippen molar-refractivity contribution in [2.75, 3.05) is 0 Å². The van der Waals surface area contributed by atoms with Crippen molar-refractivity contribution in [1.82, 2.24) is 0 Å². The molecule has 1 unspecified atom stereocenters. The minimum atomic E-state index is -0.969. The minimum absolute atomic E-state index is 0.0313. The normalized spacial score (nSPS) is 21.1. The van der Waals surface area contributed by atoms with E-state index >= 15 is 0 Å². The van der Waals surface area contributed by atoms with Gasteiger partial charge in [-0.15, -0.1) is 0 Å². The molecule has 0 fully saturated rings. The van der Waals surface area contributed by atoms with Crippen LogP contribution in [0.5, 0.6) is 11.5 Å². The van der Waals surface area contributed by atoms with Crippen LogP contribution in [-0.4, -0.2) is 32.5 Å². The molecular weight excluding hydrogens is 332 g/mol. The molecule has 0 amide bonds. The van der Waals surface area contributed by atoms with Gasteiger partial charge in [0.15, 0.2) is 0 Å². The summed E-state index contributed by atoms with van der Waals surface area (Å²) in [4.78, 5) is 11.4. The van der Waals surface area contributed by atoms with Crippen LogP contribution >= 0.6 is 0 Å². The standard InChI is InChI=1S/C21H28O5/c1-12(2)16-8-7-15(21(25)26)11-17(16)20-18(23)9-14(10-19(20)24)6-4-5-13(3)22/h9-11,13,16-17,22-24H,1,4-8H2,2-3H3,(H,25,26)/t13?,16-,17+/m0/s1. The second-order valence-corrected chi connectivity index (χ2v) is 7.30. The Morgan fingerprint density at radius 2 is 1.92 bits per heavy atom. The number of benzene rings is 1. The Morgan fingerprint density at radius 3 is 2.42 bits per heavy atom. The molecule has 0 aliphatic heterocycles. The molecule has 5 nitrogen and oxygen atoms in total. The first-order valence-electron chi connectivity index (χ1n) is 9.03. The summed E-state index contributed by atoms with van der Waals surface area (Å²) in [6.07, 6.45) is 4.35. The highest BCUT2D eigenvalue weighted by Gasteiger charge is 2.32. The number of carbonyl (C=O) groups is 1. The number of aryl methyl sites for hydroxylation is 1. The molecule has 1 aromatic rings. The van der Waals surface area contributed by atoms with E-state index in [0.29, 0.717) is 36.8 Å². The summed E-state index contributed by atoms with van der Waals surface area (Å²) in [5, 5.41) is 39.7. The summed E-state index contributed by atoms with van der Waals surface area (Å²) in [6, 6.07) is 3.24. The van der Waals surface area contributed by atoms with Gasteiger partial charge in [-0.2, -0.15) is 0 Å². The third-order valence-electron chi connectivity index (χ3n) is 5.06. The molecule has 0 bridgehead atoms. The van der Waals surface area contributed by atoms with Gasteiger partial charge in [-0.25, -0.2) is 4.79 Å². The van der Waals surface area contributed by atoms with Crippen molar-refractivity contribution in [3.63, 3.8) is 0 Å². The topological polar surface area (TPSA) is 98.0 Å². The predicted octanol–water partition coefficient (Wildman–Crippen LogP) is 3.88. The number of phenols is 2. The van der Waals surface area contributed by atoms with E-state index in [-0.39, 0.29) is 23.5 Å². The first-order chi connectivity index (χ1) is 12.2. The number of aliphatic hydroxyl groups is 1. The van der Waals surface area contributed by atoms with Crippen molar-refractivity contribution >= 4 is 5.97 Å². The Hall–Kier alpha value is -2.27. The molecule has 0 saturated carbocycles. The highest BCUT2D eigenvalue weighted by atomic mass is 16.4. The lowest BCUT2D eigenvalue weighted by atomic mass is 9.73. The number of aliphatic carboxylic acids is 1. The van der Waals surface area contributed by atoms with Gasteiger partial charge in [0.05, 0.1) is 6.10 Å². The number of aromatic hydroxyl groups is 2. The van der Waals surface area contributed by atoms with Gasteiger partial charge in [-0.3, -0.25) is 0 Å². The SMILES string of the molecule is C=C(C)[C@@H]1CCC(C(=O)O)=C[C@H]1c1c(O)cc(CCCC(C)O)cc1O. The van der Waals surface area contributed by atoms with Crippen LogP contribution in [-0.2, 0) is 11.2 Å². The van der Waals surface area contributed by atoms with Crippen LogP contribution in [0.15, 0.2) is 35.9 Å². The molecular formula is C21H28O5. The van der Waals surface area contributed by atoms with Crippen LogP contribution in [0, 0.1) is 5.92 Å². The predicted molar refractivity (Wildman–Crippen MR) is 100 cm³/mol. The summed E-state index contributed by atoms with van der Waals surface area (Å²) in [5.74, 6) is -1.48. The molecule has 0 heterocycles. The lowest BCUT2D eigenvalue weighted by Crippen LogP contribution is -2.20. The summed E-state index contributed by atoms with van der Waals surface area (Å²) < 4.78 is 0. The Labute approximate surface area is 154 Å². The fraction of sp³-hybridized carbons (Fsp3) is 0.476. The molecule has 1 aliphatic carbocycles. The van der Waals surface area contributed by atoms with Crippen molar-refractivity contribution in [3.8, 4) is 11.5 Å². The number of aliphatic hydroxyl groups excluding tert-OH is 1. The van der Waals surface area contributed by atoms with Crippen LogP contribution in [0.2, 0.25) is 0 Å². The third kappa shape index (κ3) is 4.67. The minimum Gasteiger partial charge on any atom is -0.507 e. The number of carboxylic acids is 1. The first-order valence-corrected chi connectivity index (χ1v) is 9.03. The molecule has 26 heavy (non-hydrogen) atoms. The zero-order valence-corrected chi connectivity index (χ0v) is 15.4. The average molecular weight is 360 g/mol. The van der Waals surface area contributed by atoms with Crippen LogP contribution in [0.25, 0.3) is 0 Å². The van der Waals surface area contributed by atoms with Crippen LogP contribution < -0.4 is 0 Å². The number of rotatable bonds is 7. The zero-order valence-electron chi connectivity index (χ0n) is 15.4. The summed E-state index contributed by atoms with van der Waals surface area (Å²) in [6.45, 7) is 7.61. The number of hydrogen-bond donors (Lipinski definition) is 4. The zero-order chi connectivity index (χ0) is 19.4. The van der Waals surface area contributed by atoms with Gasteiger partial charge in [-0.05, 0) is 69.6 Å². The summed E-state index contributed by atoms with van der Waals surface area (Å²) in [5.41, 5.74) is 2.34. The number of hydrogen-bond acceptors (Lipinski definition) is 4. The van der Waals surface area contributed by atoms with E-state index in [1.165, 1.54) is 0 Å². The fourth-order valence-electron chi connectivity index (χ4n) is 3.69. The first kappa shape index (κ1) is 20.0. The van der Waals surface area contributed by atoms with E-state index in [4.69, 9.17) is 0 Å². The van der Waals surface area contributed by atoms with Crippen LogP contribution in [0.1, 0.15) is 56.6 Å². The van der Waals surface area contributed by atoms with Gasteiger partial charge in [0, 0.05) is 17.1 Å². The Bertz CT molecular complexity index is 694. The van der Waals surface area contributed by atoms with Crippen molar-refractivity contribution < 1.29 is 25.2 Å². The van der Waals surface area contributed by atoms with E-state index < -0.39 is 11.9 Å². The summed E-state index contributed by atoms with van der Waals surface area (Å²) >= 11 is 0. The average Bonchev–Trinajstić information content (AvgIpc) is 2.53. The van der Waals surface area contributed by atoms with Gasteiger partial charge in [0.2, 0.25) is 0 Å². The van der Waals surface area contributed by atoms with Gasteiger partial charge in [0.1, 0.15) is 11.5 Å². The maximum atomic E-state index is 11.4. The Balaban J connectivity index is 2.36. The van der Waals surface area contributed by atoms with Crippen molar-refractivity contribution in [2.45, 2.75) is 58.0 Å². The molecule has 0 radical (unpaired) electrons. The van der Waals surface area contributed by atoms with Crippen LogP contribution in [0.3, 0.4) is 0 Å². The van der Waals surface area contributed by atoms with Crippen molar-refractivity contribution in [2.24, 2.45) is 5.92 Å². The molecule has 142 valence electrons. The molecule has 4 N–H and O–H groups in total. The van der Waals surface area contributed by atoms with Crippen LogP contribution in [0.4, 0.5) is 0 Å². The molecule has 0 saturated heterocycles. The van der Waals surface area contributed by atoms with Gasteiger partial charge < -0.3 is 20.4 Å². The van der Waals surface area contributed by atoms with Crippen molar-refractivity contribution in [1.29, 1.82) is 0 Å². The van der Waals surface area contributed by atoms with E-state index in [2.05, 4.69) is 6.58 Å². The number of phenolic OH excluding ortho intramolecular Hbond substituents is 2. The second-order valence-electron chi connectivity index (χ2n) is 7.30. The van der Waals surface area contributed by atoms with E-state index in [1.807, 2.05) is 6.92 Å². The molecule has 1 aromatic carbocycles. The number of carboxylic acid groups (broad SMARTS) is 1. The second kappa shape index (κ2) is 8.41. The summed E-state index contributed by atoms with van der Waals surface area (Å²) in [7, 11) is 0. The van der Waals surface area contributed by atoms with E-state index in [0.717, 1.165) is 17.6 Å². The van der Waals surface area contributed by atoms with Gasteiger partial charge in [0.25, 0.3) is 0 Å². The monoisotopic (exact) mass is 360 g/mol. The Kier molecular flexibility index (Phi) is 6.48. The largest absolute Gasteiger partial charge is 0.507 e. The Morgan fingerprint density at radius 1 is 1.31 bits per heavy atom. The molecule has 2 rings (SSSR count). The van der Waals surface area contributed by atoms with Gasteiger partial charge >= 0.3 is 5.97 Å². The fourth-order valence-corrected chi connectivity index (χ4v) is 3.69.